The molecule has 0 saturated heterocycles. The van der Waals surface area contributed by atoms with E-state index in [4.69, 9.17) is 9.47 Å². The van der Waals surface area contributed by atoms with Crippen LogP contribution in [0.3, 0.4) is 0 Å². The standard InChI is InChI=1S/C32H26N2O6/c35-29(34-30-23-13-5-7-15-27(23)40-28-16-8-6-14-24(28)30)17-26(31(36)37)33-32(38)39-18-25-21-11-3-1-9-19(21)20-10-2-4-12-22(20)25/h1-16,25-26,30H,17-18H2,(H,33,38)(H,34,35)(H,36,37)/t26-/m0/s1. The molecule has 1 atom stereocenters. The highest BCUT2D eigenvalue weighted by atomic mass is 16.5. The van der Waals surface area contributed by atoms with Gasteiger partial charge in [-0.15, -0.1) is 0 Å². The Bertz CT molecular complexity index is 1530. The number of para-hydroxylation sites is 2. The molecule has 0 fully saturated rings. The van der Waals surface area contributed by atoms with Gasteiger partial charge in [-0.25, -0.2) is 9.59 Å². The first-order chi connectivity index (χ1) is 19.5. The minimum absolute atomic E-state index is 0.0358. The molecule has 2 amide bonds. The Hall–Kier alpha value is -5.11. The zero-order valence-electron chi connectivity index (χ0n) is 21.4. The first kappa shape index (κ1) is 25.2. The van der Waals surface area contributed by atoms with Gasteiger partial charge >= 0.3 is 12.1 Å². The molecule has 8 nitrogen and oxygen atoms in total. The van der Waals surface area contributed by atoms with Crippen LogP contribution >= 0.6 is 0 Å². The lowest BCUT2D eigenvalue weighted by molar-refractivity contribution is -0.141. The highest BCUT2D eigenvalue weighted by Crippen LogP contribution is 2.45. The first-order valence-corrected chi connectivity index (χ1v) is 13.0. The molecule has 4 aromatic carbocycles. The number of carboxylic acids is 1. The van der Waals surface area contributed by atoms with Gasteiger partial charge in [0, 0.05) is 17.0 Å². The normalized spacial score (nSPS) is 14.0. The van der Waals surface area contributed by atoms with E-state index in [0.29, 0.717) is 11.5 Å². The molecule has 1 aliphatic carbocycles. The minimum atomic E-state index is -1.47. The van der Waals surface area contributed by atoms with Gasteiger partial charge in [0.25, 0.3) is 0 Å². The molecular formula is C32H26N2O6. The number of hydrogen-bond donors (Lipinski definition) is 3. The van der Waals surface area contributed by atoms with Crippen LogP contribution in [0.5, 0.6) is 11.5 Å². The maximum absolute atomic E-state index is 13.1. The fourth-order valence-corrected chi connectivity index (χ4v) is 5.45. The molecule has 8 heteroatoms. The fraction of sp³-hybridized carbons (Fsp3) is 0.156. The number of fused-ring (bicyclic) bond motifs is 5. The van der Waals surface area contributed by atoms with Crippen LogP contribution in [0.4, 0.5) is 4.79 Å². The molecule has 3 N–H and O–H groups in total. The lowest BCUT2D eigenvalue weighted by Crippen LogP contribution is -2.45. The van der Waals surface area contributed by atoms with Crippen molar-refractivity contribution in [2.45, 2.75) is 24.4 Å². The van der Waals surface area contributed by atoms with Crippen molar-refractivity contribution in [3.8, 4) is 22.6 Å². The summed E-state index contributed by atoms with van der Waals surface area (Å²) in [6, 6.07) is 28.5. The van der Waals surface area contributed by atoms with Gasteiger partial charge in [-0.3, -0.25) is 4.79 Å². The van der Waals surface area contributed by atoms with Crippen LogP contribution in [-0.2, 0) is 14.3 Å². The van der Waals surface area contributed by atoms with Crippen molar-refractivity contribution in [3.05, 3.63) is 119 Å². The molecule has 0 bridgehead atoms. The summed E-state index contributed by atoms with van der Waals surface area (Å²) in [4.78, 5) is 37.7. The van der Waals surface area contributed by atoms with E-state index in [9.17, 15) is 19.5 Å². The monoisotopic (exact) mass is 534 g/mol. The van der Waals surface area contributed by atoms with Gasteiger partial charge in [-0.2, -0.15) is 0 Å². The molecule has 0 spiro atoms. The third-order valence-corrected chi connectivity index (χ3v) is 7.31. The summed E-state index contributed by atoms with van der Waals surface area (Å²) in [6.45, 7) is 0.0358. The van der Waals surface area contributed by atoms with Crippen LogP contribution in [0.2, 0.25) is 0 Å². The van der Waals surface area contributed by atoms with E-state index < -0.39 is 36.5 Å². The molecule has 40 heavy (non-hydrogen) atoms. The lowest BCUT2D eigenvalue weighted by Gasteiger charge is -2.29. The molecule has 4 aromatic rings. The third kappa shape index (κ3) is 4.75. The summed E-state index contributed by atoms with van der Waals surface area (Å²) in [7, 11) is 0. The molecule has 6 rings (SSSR count). The SMILES string of the molecule is O=C(C[C@H](NC(=O)OCC1c2ccccc2-c2ccccc21)C(=O)O)NC1c2ccccc2Oc2ccccc21. The predicted molar refractivity (Wildman–Crippen MR) is 147 cm³/mol. The highest BCUT2D eigenvalue weighted by molar-refractivity contribution is 5.87. The second kappa shape index (κ2) is 10.6. The van der Waals surface area contributed by atoms with Crippen molar-refractivity contribution in [2.24, 2.45) is 0 Å². The number of nitrogens with one attached hydrogen (secondary N) is 2. The van der Waals surface area contributed by atoms with Gasteiger partial charge in [-0.05, 0) is 34.4 Å². The Labute approximate surface area is 230 Å². The van der Waals surface area contributed by atoms with E-state index in [1.165, 1.54) is 0 Å². The maximum Gasteiger partial charge on any atom is 0.407 e. The van der Waals surface area contributed by atoms with Crippen LogP contribution in [0.15, 0.2) is 97.1 Å². The van der Waals surface area contributed by atoms with Crippen LogP contribution in [0.1, 0.15) is 40.6 Å². The van der Waals surface area contributed by atoms with E-state index in [1.807, 2.05) is 97.1 Å². The number of rotatable bonds is 7. The van der Waals surface area contributed by atoms with Gasteiger partial charge in [0.1, 0.15) is 24.1 Å². The molecule has 200 valence electrons. The number of hydrogen-bond acceptors (Lipinski definition) is 5. The van der Waals surface area contributed by atoms with Gasteiger partial charge in [0.2, 0.25) is 5.91 Å². The summed E-state index contributed by atoms with van der Waals surface area (Å²) in [5.41, 5.74) is 5.77. The van der Waals surface area contributed by atoms with Crippen molar-refractivity contribution in [1.82, 2.24) is 10.6 Å². The van der Waals surface area contributed by atoms with Crippen molar-refractivity contribution in [2.75, 3.05) is 6.61 Å². The van der Waals surface area contributed by atoms with Crippen LogP contribution in [0.25, 0.3) is 11.1 Å². The Morgan fingerprint density at radius 2 is 1.25 bits per heavy atom. The number of benzene rings is 4. The Morgan fingerprint density at radius 3 is 1.80 bits per heavy atom. The second-order valence-electron chi connectivity index (χ2n) is 9.74. The summed E-state index contributed by atoms with van der Waals surface area (Å²) in [6.07, 6.45) is -1.37. The van der Waals surface area contributed by atoms with E-state index >= 15 is 0 Å². The van der Waals surface area contributed by atoms with Gasteiger partial charge < -0.3 is 25.2 Å². The van der Waals surface area contributed by atoms with E-state index in [1.54, 1.807) is 0 Å². The third-order valence-electron chi connectivity index (χ3n) is 7.31. The van der Waals surface area contributed by atoms with Crippen LogP contribution < -0.4 is 15.4 Å². The first-order valence-electron chi connectivity index (χ1n) is 13.0. The molecule has 0 saturated carbocycles. The number of ether oxygens (including phenoxy) is 2. The van der Waals surface area contributed by atoms with E-state index in [0.717, 1.165) is 33.4 Å². The largest absolute Gasteiger partial charge is 0.480 e. The topological polar surface area (TPSA) is 114 Å². The lowest BCUT2D eigenvalue weighted by atomic mass is 9.94. The molecular weight excluding hydrogens is 508 g/mol. The number of carboxylic acid groups (broad SMARTS) is 1. The minimum Gasteiger partial charge on any atom is -0.480 e. The molecule has 1 aliphatic heterocycles. The number of alkyl carbamates (subject to hydrolysis) is 1. The van der Waals surface area contributed by atoms with Gasteiger partial charge in [0.05, 0.1) is 12.5 Å². The Kier molecular flexibility index (Phi) is 6.66. The maximum atomic E-state index is 13.1. The van der Waals surface area contributed by atoms with Crippen molar-refractivity contribution >= 4 is 18.0 Å². The summed E-state index contributed by atoms with van der Waals surface area (Å²) in [5, 5.41) is 15.0. The highest BCUT2D eigenvalue weighted by Gasteiger charge is 2.32. The molecule has 0 radical (unpaired) electrons. The fourth-order valence-electron chi connectivity index (χ4n) is 5.45. The van der Waals surface area contributed by atoms with Crippen molar-refractivity contribution in [1.29, 1.82) is 0 Å². The average molecular weight is 535 g/mol. The van der Waals surface area contributed by atoms with Gasteiger partial charge in [-0.1, -0.05) is 84.9 Å². The van der Waals surface area contributed by atoms with Gasteiger partial charge in [0.15, 0.2) is 0 Å². The molecule has 1 heterocycles. The van der Waals surface area contributed by atoms with Crippen molar-refractivity contribution in [3.63, 3.8) is 0 Å². The average Bonchev–Trinajstić information content (AvgIpc) is 3.29. The number of aliphatic carboxylic acids is 1. The Balaban J connectivity index is 1.12. The van der Waals surface area contributed by atoms with E-state index in [2.05, 4.69) is 10.6 Å². The predicted octanol–water partition coefficient (Wildman–Crippen LogP) is 5.38. The molecule has 2 aliphatic rings. The quantitative estimate of drug-likeness (QED) is 0.293. The van der Waals surface area contributed by atoms with Crippen LogP contribution in [0, 0.1) is 0 Å². The molecule has 0 aromatic heterocycles. The zero-order chi connectivity index (χ0) is 27.6. The molecule has 0 unspecified atom stereocenters. The van der Waals surface area contributed by atoms with Crippen LogP contribution in [-0.4, -0.2) is 35.7 Å². The summed E-state index contributed by atoms with van der Waals surface area (Å²) in [5.74, 6) is -0.825. The zero-order valence-corrected chi connectivity index (χ0v) is 21.4. The summed E-state index contributed by atoms with van der Waals surface area (Å²) >= 11 is 0. The Morgan fingerprint density at radius 1 is 0.750 bits per heavy atom. The number of amides is 2. The van der Waals surface area contributed by atoms with Crippen molar-refractivity contribution < 1.29 is 29.0 Å². The number of carbonyl (C=O) groups excluding carboxylic acids is 2. The van der Waals surface area contributed by atoms with E-state index in [-0.39, 0.29) is 12.5 Å². The second-order valence-corrected chi connectivity index (χ2v) is 9.74. The summed E-state index contributed by atoms with van der Waals surface area (Å²) < 4.78 is 11.4. The number of carbonyl (C=O) groups is 3. The smallest absolute Gasteiger partial charge is 0.407 e.